The summed E-state index contributed by atoms with van der Waals surface area (Å²) in [6.45, 7) is 0. The number of hydrogen-bond donors (Lipinski definition) is 0. The van der Waals surface area contributed by atoms with Crippen molar-refractivity contribution >= 4 is 29.0 Å². The first-order valence-corrected chi connectivity index (χ1v) is 7.24. The van der Waals surface area contributed by atoms with Gasteiger partial charge in [-0.05, 0) is 36.0 Å². The van der Waals surface area contributed by atoms with Gasteiger partial charge in [0.2, 0.25) is 5.16 Å². The summed E-state index contributed by atoms with van der Waals surface area (Å²) in [6, 6.07) is 7.03. The Morgan fingerprint density at radius 2 is 1.96 bits per heavy atom. The van der Waals surface area contributed by atoms with Gasteiger partial charge in [0.15, 0.2) is 11.3 Å². The maximum absolute atomic E-state index is 12.8. The summed E-state index contributed by atoms with van der Waals surface area (Å²) < 4.78 is 39.6. The Morgan fingerprint density at radius 3 is 2.65 bits per heavy atom. The van der Waals surface area contributed by atoms with Crippen molar-refractivity contribution in [2.24, 2.45) is 0 Å². The van der Waals surface area contributed by atoms with Crippen LogP contribution in [0.15, 0.2) is 40.6 Å². The predicted molar refractivity (Wildman–Crippen MR) is 76.1 cm³/mol. The molecule has 3 aromatic heterocycles. The van der Waals surface area contributed by atoms with Crippen molar-refractivity contribution in [3.8, 4) is 6.07 Å². The lowest BCUT2D eigenvalue weighted by Crippen LogP contribution is -2.06. The number of halogens is 4. The van der Waals surface area contributed by atoms with Gasteiger partial charge in [0.1, 0.15) is 11.1 Å². The Kier molecular flexibility index (Phi) is 3.87. The third-order valence-corrected chi connectivity index (χ3v) is 4.02. The van der Waals surface area contributed by atoms with Crippen LogP contribution < -0.4 is 0 Å². The molecule has 0 spiro atoms. The molecule has 0 saturated carbocycles. The van der Waals surface area contributed by atoms with Gasteiger partial charge in [0.05, 0.1) is 10.6 Å². The van der Waals surface area contributed by atoms with E-state index in [0.29, 0.717) is 5.03 Å². The molecule has 10 heteroatoms. The van der Waals surface area contributed by atoms with Gasteiger partial charge in [-0.25, -0.2) is 4.98 Å². The fourth-order valence-corrected chi connectivity index (χ4v) is 2.69. The van der Waals surface area contributed by atoms with Crippen molar-refractivity contribution in [2.75, 3.05) is 0 Å². The highest BCUT2D eigenvalue weighted by molar-refractivity contribution is 7.99. The predicted octanol–water partition coefficient (Wildman–Crippen LogP) is 3.82. The van der Waals surface area contributed by atoms with E-state index in [1.807, 2.05) is 6.07 Å². The van der Waals surface area contributed by atoms with Crippen LogP contribution in [0.2, 0.25) is 5.02 Å². The van der Waals surface area contributed by atoms with Crippen LogP contribution in [0, 0.1) is 11.3 Å². The topological polar surface area (TPSA) is 66.9 Å². The third-order valence-electron chi connectivity index (χ3n) is 2.82. The molecule has 3 aromatic rings. The van der Waals surface area contributed by atoms with Crippen LogP contribution in [0.1, 0.15) is 11.3 Å². The molecule has 0 saturated heterocycles. The van der Waals surface area contributed by atoms with Gasteiger partial charge in [-0.3, -0.25) is 4.40 Å². The fourth-order valence-electron chi connectivity index (χ4n) is 1.76. The number of fused-ring (bicyclic) bond motifs is 1. The van der Waals surface area contributed by atoms with Gasteiger partial charge in [-0.1, -0.05) is 11.6 Å². The molecular weight excluding hydrogens is 351 g/mol. The highest BCUT2D eigenvalue weighted by Crippen LogP contribution is 2.31. The molecule has 0 aromatic carbocycles. The number of aromatic nitrogens is 4. The second kappa shape index (κ2) is 5.72. The van der Waals surface area contributed by atoms with Gasteiger partial charge in [-0.2, -0.15) is 18.4 Å². The quantitative estimate of drug-likeness (QED) is 0.699. The van der Waals surface area contributed by atoms with Gasteiger partial charge < -0.3 is 0 Å². The van der Waals surface area contributed by atoms with Crippen molar-refractivity contribution in [3.05, 3.63) is 46.7 Å². The van der Waals surface area contributed by atoms with Crippen molar-refractivity contribution < 1.29 is 13.2 Å². The number of nitrogens with zero attached hydrogens (tertiary/aromatic N) is 5. The molecule has 0 aliphatic heterocycles. The van der Waals surface area contributed by atoms with Gasteiger partial charge >= 0.3 is 6.18 Å². The number of alkyl halides is 3. The first-order valence-electron chi connectivity index (χ1n) is 6.05. The number of rotatable bonds is 2. The molecule has 116 valence electrons. The monoisotopic (exact) mass is 355 g/mol. The third kappa shape index (κ3) is 3.09. The standard InChI is InChI=1S/C13H5ClF3N5S/c14-8-2-4-11(19-9(8)5-18)23-12-21-20-10-3-1-7(6-22(10)12)13(15,16)17/h1-4,6H. The Hall–Kier alpha value is -2.31. The van der Waals surface area contributed by atoms with Gasteiger partial charge in [0.25, 0.3) is 0 Å². The Balaban J connectivity index is 2.02. The molecule has 0 N–H and O–H groups in total. The van der Waals surface area contributed by atoms with E-state index in [9.17, 15) is 13.2 Å². The molecule has 0 fully saturated rings. The van der Waals surface area contributed by atoms with Crippen LogP contribution in [0.4, 0.5) is 13.2 Å². The van der Waals surface area contributed by atoms with E-state index in [0.717, 1.165) is 24.0 Å². The zero-order valence-corrected chi connectivity index (χ0v) is 12.6. The van der Waals surface area contributed by atoms with Crippen molar-refractivity contribution in [1.82, 2.24) is 19.6 Å². The Bertz CT molecular complexity index is 931. The van der Waals surface area contributed by atoms with Crippen molar-refractivity contribution in [1.29, 1.82) is 5.26 Å². The normalized spacial score (nSPS) is 11.6. The van der Waals surface area contributed by atoms with E-state index in [1.54, 1.807) is 6.07 Å². The first kappa shape index (κ1) is 15.6. The maximum Gasteiger partial charge on any atom is 0.417 e. The molecule has 0 aliphatic rings. The van der Waals surface area contributed by atoms with E-state index in [2.05, 4.69) is 15.2 Å². The van der Waals surface area contributed by atoms with E-state index >= 15 is 0 Å². The minimum Gasteiger partial charge on any atom is -0.277 e. The van der Waals surface area contributed by atoms with E-state index < -0.39 is 11.7 Å². The first-order chi connectivity index (χ1) is 10.9. The lowest BCUT2D eigenvalue weighted by molar-refractivity contribution is -0.137. The SMILES string of the molecule is N#Cc1nc(Sc2nnc3ccc(C(F)(F)F)cn23)ccc1Cl. The molecule has 23 heavy (non-hydrogen) atoms. The number of pyridine rings is 2. The Morgan fingerprint density at radius 1 is 1.17 bits per heavy atom. The van der Waals surface area contributed by atoms with E-state index in [1.165, 1.54) is 16.5 Å². The summed E-state index contributed by atoms with van der Waals surface area (Å²) in [7, 11) is 0. The van der Waals surface area contributed by atoms with Crippen molar-refractivity contribution in [3.63, 3.8) is 0 Å². The Labute approximate surface area is 136 Å². The minimum absolute atomic E-state index is 0.0291. The summed E-state index contributed by atoms with van der Waals surface area (Å²) in [6.07, 6.45) is -3.55. The molecule has 0 amide bonds. The molecule has 0 atom stereocenters. The second-order valence-electron chi connectivity index (χ2n) is 4.32. The summed E-state index contributed by atoms with van der Waals surface area (Å²) in [4.78, 5) is 4.01. The summed E-state index contributed by atoms with van der Waals surface area (Å²) in [5, 5.41) is 17.3. The fraction of sp³-hybridized carbons (Fsp3) is 0.0769. The molecule has 3 rings (SSSR count). The number of hydrogen-bond acceptors (Lipinski definition) is 5. The van der Waals surface area contributed by atoms with E-state index in [4.69, 9.17) is 16.9 Å². The summed E-state index contributed by atoms with van der Waals surface area (Å²) in [5.41, 5.74) is -0.509. The van der Waals surface area contributed by atoms with Crippen LogP contribution in [-0.2, 0) is 6.18 Å². The molecule has 3 heterocycles. The second-order valence-corrected chi connectivity index (χ2v) is 5.71. The van der Waals surface area contributed by atoms with Crippen LogP contribution >= 0.6 is 23.4 Å². The number of nitriles is 1. The largest absolute Gasteiger partial charge is 0.417 e. The molecule has 5 nitrogen and oxygen atoms in total. The van der Waals surface area contributed by atoms with Crippen molar-refractivity contribution in [2.45, 2.75) is 16.4 Å². The van der Waals surface area contributed by atoms with Gasteiger partial charge in [-0.15, -0.1) is 10.2 Å². The average Bonchev–Trinajstić information content (AvgIpc) is 2.90. The van der Waals surface area contributed by atoms with E-state index in [-0.39, 0.29) is 21.5 Å². The molecular formula is C13H5ClF3N5S. The van der Waals surface area contributed by atoms with Gasteiger partial charge in [0, 0.05) is 6.20 Å². The maximum atomic E-state index is 12.8. The highest BCUT2D eigenvalue weighted by Gasteiger charge is 2.31. The molecule has 0 aliphatic carbocycles. The summed E-state index contributed by atoms with van der Waals surface area (Å²) in [5.74, 6) is 0. The van der Waals surface area contributed by atoms with Crippen LogP contribution in [-0.4, -0.2) is 19.6 Å². The molecule has 0 radical (unpaired) electrons. The highest BCUT2D eigenvalue weighted by atomic mass is 35.5. The zero-order chi connectivity index (χ0) is 16.6. The minimum atomic E-state index is -4.47. The van der Waals surface area contributed by atoms with Crippen LogP contribution in [0.5, 0.6) is 0 Å². The lowest BCUT2D eigenvalue weighted by atomic mass is 10.3. The molecule has 0 bridgehead atoms. The summed E-state index contributed by atoms with van der Waals surface area (Å²) >= 11 is 6.77. The average molecular weight is 356 g/mol. The lowest BCUT2D eigenvalue weighted by Gasteiger charge is -2.07. The van der Waals surface area contributed by atoms with Crippen LogP contribution in [0.25, 0.3) is 5.65 Å². The molecule has 0 unspecified atom stereocenters. The smallest absolute Gasteiger partial charge is 0.277 e. The zero-order valence-electron chi connectivity index (χ0n) is 11.0. The van der Waals surface area contributed by atoms with Crippen LogP contribution in [0.3, 0.4) is 0 Å².